The molecule has 2 bridgehead atoms. The molecule has 1 aromatic rings. The van der Waals surface area contributed by atoms with Gasteiger partial charge in [0.2, 0.25) is 0 Å². The number of benzene rings is 1. The Morgan fingerprint density at radius 1 is 1.44 bits per heavy atom. The molecule has 1 N–H and O–H groups in total. The van der Waals surface area contributed by atoms with E-state index in [9.17, 15) is 5.26 Å². The molecule has 3 atom stereocenters. The maximum absolute atomic E-state index is 9.57. The summed E-state index contributed by atoms with van der Waals surface area (Å²) >= 11 is 9.41. The second kappa shape index (κ2) is 4.43. The van der Waals surface area contributed by atoms with Crippen LogP contribution in [0.2, 0.25) is 5.02 Å². The summed E-state index contributed by atoms with van der Waals surface area (Å²) in [5.74, 6) is 1.24. The minimum Gasteiger partial charge on any atom is -0.367 e. The average Bonchev–Trinajstić information content (AvgIpc) is 2.94. The number of hydrogen-bond acceptors (Lipinski definition) is 2. The Kier molecular flexibility index (Phi) is 3.03. The van der Waals surface area contributed by atoms with Crippen LogP contribution in [0.1, 0.15) is 25.7 Å². The number of nitriles is 1. The molecule has 1 aromatic carbocycles. The second-order valence-corrected chi connectivity index (χ2v) is 6.68. The van der Waals surface area contributed by atoms with Crippen LogP contribution in [0.25, 0.3) is 0 Å². The summed E-state index contributed by atoms with van der Waals surface area (Å²) < 4.78 is 0.866. The zero-order valence-electron chi connectivity index (χ0n) is 9.92. The number of anilines is 1. The topological polar surface area (TPSA) is 35.8 Å². The Balaban J connectivity index is 1.87. The maximum atomic E-state index is 9.57. The molecule has 0 saturated heterocycles. The van der Waals surface area contributed by atoms with Gasteiger partial charge in [0.25, 0.3) is 0 Å². The zero-order valence-corrected chi connectivity index (χ0v) is 12.3. The Morgan fingerprint density at radius 3 is 2.83 bits per heavy atom. The molecule has 0 amide bonds. The van der Waals surface area contributed by atoms with Crippen LogP contribution >= 0.6 is 27.5 Å². The van der Waals surface area contributed by atoms with Crippen molar-refractivity contribution in [3.05, 3.63) is 27.7 Å². The van der Waals surface area contributed by atoms with E-state index >= 15 is 0 Å². The smallest absolute Gasteiger partial charge is 0.128 e. The Bertz CT molecular complexity index is 525. The van der Waals surface area contributed by atoms with Gasteiger partial charge in [-0.25, -0.2) is 0 Å². The number of halogens is 2. The molecule has 0 heterocycles. The Morgan fingerprint density at radius 2 is 2.28 bits per heavy atom. The molecule has 0 radical (unpaired) electrons. The summed E-state index contributed by atoms with van der Waals surface area (Å²) in [7, 11) is 0. The van der Waals surface area contributed by atoms with Crippen molar-refractivity contribution < 1.29 is 0 Å². The number of fused-ring (bicyclic) bond motifs is 2. The molecule has 2 aliphatic rings. The van der Waals surface area contributed by atoms with Crippen LogP contribution in [-0.4, -0.2) is 5.54 Å². The highest BCUT2D eigenvalue weighted by Crippen LogP contribution is 2.51. The van der Waals surface area contributed by atoms with Crippen molar-refractivity contribution in [2.24, 2.45) is 11.8 Å². The summed E-state index contributed by atoms with van der Waals surface area (Å²) in [5, 5.41) is 13.7. The van der Waals surface area contributed by atoms with Gasteiger partial charge in [-0.15, -0.1) is 0 Å². The fraction of sp³-hybridized carbons (Fsp3) is 0.500. The van der Waals surface area contributed by atoms with Crippen LogP contribution in [0.3, 0.4) is 0 Å². The van der Waals surface area contributed by atoms with Crippen molar-refractivity contribution >= 4 is 33.2 Å². The Hall–Kier alpha value is -0.720. The molecule has 94 valence electrons. The summed E-state index contributed by atoms with van der Waals surface area (Å²) in [4.78, 5) is 0. The lowest BCUT2D eigenvalue weighted by molar-refractivity contribution is 0.368. The average molecular weight is 326 g/mol. The van der Waals surface area contributed by atoms with E-state index in [4.69, 9.17) is 11.6 Å². The van der Waals surface area contributed by atoms with Crippen LogP contribution < -0.4 is 5.32 Å². The SMILES string of the molecule is N#CC1(Nc2ccc(Cl)c(Br)c2)CC2CCC1C2. The lowest BCUT2D eigenvalue weighted by Crippen LogP contribution is -2.41. The fourth-order valence-electron chi connectivity index (χ4n) is 3.48. The molecule has 2 nitrogen and oxygen atoms in total. The standard InChI is InChI=1S/C14H14BrClN2/c15-12-6-11(3-4-13(12)16)18-14(8-17)7-9-1-2-10(14)5-9/h3-4,6,9-10,18H,1-2,5,7H2. The van der Waals surface area contributed by atoms with Gasteiger partial charge in [-0.2, -0.15) is 5.26 Å². The summed E-state index contributed by atoms with van der Waals surface area (Å²) in [6.45, 7) is 0. The minimum absolute atomic E-state index is 0.365. The van der Waals surface area contributed by atoms with Crippen molar-refractivity contribution in [3.63, 3.8) is 0 Å². The largest absolute Gasteiger partial charge is 0.367 e. The molecular formula is C14H14BrClN2. The lowest BCUT2D eigenvalue weighted by Gasteiger charge is -2.33. The lowest BCUT2D eigenvalue weighted by atomic mass is 9.82. The molecule has 0 aromatic heterocycles. The van der Waals surface area contributed by atoms with E-state index in [0.29, 0.717) is 10.9 Å². The molecule has 0 aliphatic heterocycles. The van der Waals surface area contributed by atoms with E-state index in [1.807, 2.05) is 18.2 Å². The third kappa shape index (κ3) is 1.92. The van der Waals surface area contributed by atoms with Crippen LogP contribution in [0, 0.1) is 23.2 Å². The van der Waals surface area contributed by atoms with Crippen molar-refractivity contribution in [3.8, 4) is 6.07 Å². The highest BCUT2D eigenvalue weighted by atomic mass is 79.9. The normalized spacial score (nSPS) is 33.4. The molecule has 18 heavy (non-hydrogen) atoms. The summed E-state index contributed by atoms with van der Waals surface area (Å²) in [6, 6.07) is 8.28. The van der Waals surface area contributed by atoms with Crippen molar-refractivity contribution in [2.45, 2.75) is 31.2 Å². The molecule has 3 unspecified atom stereocenters. The first-order chi connectivity index (χ1) is 8.63. The third-order valence-corrected chi connectivity index (χ3v) is 5.55. The highest BCUT2D eigenvalue weighted by Gasteiger charge is 2.51. The highest BCUT2D eigenvalue weighted by molar-refractivity contribution is 9.10. The van der Waals surface area contributed by atoms with Gasteiger partial charge < -0.3 is 5.32 Å². The monoisotopic (exact) mass is 324 g/mol. The van der Waals surface area contributed by atoms with Gasteiger partial charge in [0, 0.05) is 10.2 Å². The van der Waals surface area contributed by atoms with Gasteiger partial charge in [0.15, 0.2) is 0 Å². The van der Waals surface area contributed by atoms with Crippen LogP contribution in [0.5, 0.6) is 0 Å². The summed E-state index contributed by atoms with van der Waals surface area (Å²) in [5.41, 5.74) is 0.608. The van der Waals surface area contributed by atoms with Crippen LogP contribution in [0.4, 0.5) is 5.69 Å². The van der Waals surface area contributed by atoms with E-state index in [2.05, 4.69) is 27.3 Å². The molecule has 2 fully saturated rings. The van der Waals surface area contributed by atoms with Crippen molar-refractivity contribution in [2.75, 3.05) is 5.32 Å². The first-order valence-electron chi connectivity index (χ1n) is 6.27. The van der Waals surface area contributed by atoms with E-state index in [1.54, 1.807) is 0 Å². The van der Waals surface area contributed by atoms with Gasteiger partial charge >= 0.3 is 0 Å². The number of nitrogens with zero attached hydrogens (tertiary/aromatic N) is 1. The first-order valence-corrected chi connectivity index (χ1v) is 7.44. The van der Waals surface area contributed by atoms with Crippen LogP contribution in [0.15, 0.2) is 22.7 Å². The molecule has 2 saturated carbocycles. The number of nitrogens with one attached hydrogen (secondary N) is 1. The molecule has 2 aliphatic carbocycles. The maximum Gasteiger partial charge on any atom is 0.128 e. The quantitative estimate of drug-likeness (QED) is 0.862. The molecular weight excluding hydrogens is 312 g/mol. The minimum atomic E-state index is -0.365. The van der Waals surface area contributed by atoms with Crippen molar-refractivity contribution in [1.82, 2.24) is 0 Å². The van der Waals surface area contributed by atoms with E-state index in [0.717, 1.165) is 22.5 Å². The zero-order chi connectivity index (χ0) is 12.8. The van der Waals surface area contributed by atoms with E-state index in [-0.39, 0.29) is 5.54 Å². The molecule has 3 rings (SSSR count). The Labute approximate surface area is 120 Å². The van der Waals surface area contributed by atoms with Gasteiger partial charge in [-0.05, 0) is 71.6 Å². The van der Waals surface area contributed by atoms with Gasteiger partial charge in [0.1, 0.15) is 5.54 Å². The van der Waals surface area contributed by atoms with E-state index < -0.39 is 0 Å². The predicted octanol–water partition coefficient (Wildman–Crippen LogP) is 4.60. The third-order valence-electron chi connectivity index (χ3n) is 4.34. The van der Waals surface area contributed by atoms with Gasteiger partial charge in [-0.3, -0.25) is 0 Å². The number of rotatable bonds is 2. The molecule has 0 spiro atoms. The second-order valence-electron chi connectivity index (χ2n) is 5.42. The molecule has 4 heteroatoms. The van der Waals surface area contributed by atoms with E-state index in [1.165, 1.54) is 19.3 Å². The van der Waals surface area contributed by atoms with Gasteiger partial charge in [0.05, 0.1) is 11.1 Å². The fourth-order valence-corrected chi connectivity index (χ4v) is 3.98. The summed E-state index contributed by atoms with van der Waals surface area (Å²) in [6.07, 6.45) is 4.66. The number of hydrogen-bond donors (Lipinski definition) is 1. The van der Waals surface area contributed by atoms with Crippen molar-refractivity contribution in [1.29, 1.82) is 5.26 Å². The first kappa shape index (κ1) is 12.3. The van der Waals surface area contributed by atoms with Gasteiger partial charge in [-0.1, -0.05) is 11.6 Å². The predicted molar refractivity (Wildman–Crippen MR) is 76.6 cm³/mol. The van der Waals surface area contributed by atoms with Crippen LogP contribution in [-0.2, 0) is 0 Å².